The quantitative estimate of drug-likeness (QED) is 0.386. The highest BCUT2D eigenvalue weighted by Crippen LogP contribution is 2.34. The van der Waals surface area contributed by atoms with E-state index >= 15 is 0 Å². The van der Waals surface area contributed by atoms with Crippen LogP contribution in [0.4, 0.5) is 5.00 Å². The number of rotatable bonds is 9. The molecule has 0 radical (unpaired) electrons. The highest BCUT2D eigenvalue weighted by atomic mass is 32.1. The number of methoxy groups -OCH3 is 1. The van der Waals surface area contributed by atoms with Gasteiger partial charge in [0.15, 0.2) is 0 Å². The van der Waals surface area contributed by atoms with Crippen molar-refractivity contribution in [3.05, 3.63) is 46.2 Å². The van der Waals surface area contributed by atoms with Crippen LogP contribution in [0, 0.1) is 6.92 Å². The lowest BCUT2D eigenvalue weighted by Crippen LogP contribution is -2.13. The van der Waals surface area contributed by atoms with E-state index in [2.05, 4.69) is 5.32 Å². The zero-order valence-corrected chi connectivity index (χ0v) is 16.6. The molecule has 28 heavy (non-hydrogen) atoms. The maximum absolute atomic E-state index is 12.3. The van der Waals surface area contributed by atoms with Crippen molar-refractivity contribution in [2.75, 3.05) is 32.2 Å². The number of nitrogens with one attached hydrogen (secondary N) is 1. The van der Waals surface area contributed by atoms with Crippen LogP contribution in [0.3, 0.4) is 0 Å². The number of anilines is 1. The van der Waals surface area contributed by atoms with Gasteiger partial charge in [0.1, 0.15) is 22.2 Å². The maximum atomic E-state index is 12.3. The molecule has 2 rings (SSSR count). The molecule has 0 fully saturated rings. The van der Waals surface area contributed by atoms with E-state index in [-0.39, 0.29) is 35.3 Å². The molecule has 0 aliphatic rings. The first-order valence-corrected chi connectivity index (χ1v) is 9.28. The molecule has 0 atom stereocenters. The highest BCUT2D eigenvalue weighted by Gasteiger charge is 2.27. The number of thiophene rings is 1. The van der Waals surface area contributed by atoms with Crippen LogP contribution in [-0.4, -0.2) is 44.8 Å². The van der Waals surface area contributed by atoms with Gasteiger partial charge < -0.3 is 23.9 Å². The van der Waals surface area contributed by atoms with Gasteiger partial charge in [0, 0.05) is 13.2 Å². The largest absolute Gasteiger partial charge is 0.465 e. The van der Waals surface area contributed by atoms with Gasteiger partial charge in [0.05, 0.1) is 25.0 Å². The van der Waals surface area contributed by atoms with Crippen molar-refractivity contribution in [3.63, 3.8) is 0 Å². The van der Waals surface area contributed by atoms with Gasteiger partial charge in [-0.1, -0.05) is 0 Å². The molecule has 8 nitrogen and oxygen atoms in total. The molecule has 0 spiro atoms. The van der Waals surface area contributed by atoms with E-state index in [9.17, 15) is 14.4 Å². The van der Waals surface area contributed by atoms with Crippen LogP contribution in [0.25, 0.3) is 6.08 Å². The Morgan fingerprint density at radius 2 is 2.00 bits per heavy atom. The van der Waals surface area contributed by atoms with Crippen LogP contribution in [0.5, 0.6) is 0 Å². The van der Waals surface area contributed by atoms with Gasteiger partial charge in [-0.25, -0.2) is 9.59 Å². The van der Waals surface area contributed by atoms with Crippen molar-refractivity contribution < 1.29 is 33.0 Å². The van der Waals surface area contributed by atoms with E-state index in [1.54, 1.807) is 26.0 Å². The van der Waals surface area contributed by atoms with Gasteiger partial charge in [-0.2, -0.15) is 0 Å². The second kappa shape index (κ2) is 10.4. The molecule has 1 N–H and O–H groups in total. The molecule has 0 saturated carbocycles. The monoisotopic (exact) mass is 407 g/mol. The number of amides is 1. The van der Waals surface area contributed by atoms with Crippen LogP contribution in [-0.2, 0) is 19.0 Å². The Balaban J connectivity index is 2.24. The molecule has 0 aromatic carbocycles. The maximum Gasteiger partial charge on any atom is 0.348 e. The van der Waals surface area contributed by atoms with E-state index < -0.39 is 17.8 Å². The smallest absolute Gasteiger partial charge is 0.348 e. The van der Waals surface area contributed by atoms with Crippen molar-refractivity contribution >= 4 is 40.3 Å². The van der Waals surface area contributed by atoms with E-state index in [1.807, 2.05) is 0 Å². The summed E-state index contributed by atoms with van der Waals surface area (Å²) in [6.07, 6.45) is 4.24. The number of ether oxygens (including phenoxy) is 3. The molecular weight excluding hydrogens is 386 g/mol. The Morgan fingerprint density at radius 3 is 2.64 bits per heavy atom. The third-order valence-corrected chi connectivity index (χ3v) is 4.70. The summed E-state index contributed by atoms with van der Waals surface area (Å²) >= 11 is 0.953. The molecular formula is C19H21NO7S. The van der Waals surface area contributed by atoms with Crippen molar-refractivity contribution in [3.8, 4) is 0 Å². The van der Waals surface area contributed by atoms with Gasteiger partial charge >= 0.3 is 11.9 Å². The summed E-state index contributed by atoms with van der Waals surface area (Å²) in [6, 6.07) is 3.39. The average molecular weight is 407 g/mol. The fourth-order valence-corrected chi connectivity index (χ4v) is 3.32. The minimum atomic E-state index is -0.627. The topological polar surface area (TPSA) is 104 Å². The number of hydrogen-bond acceptors (Lipinski definition) is 8. The average Bonchev–Trinajstić information content (AvgIpc) is 3.28. The molecule has 0 saturated heterocycles. The molecule has 2 aromatic heterocycles. The second-order valence-corrected chi connectivity index (χ2v) is 6.47. The summed E-state index contributed by atoms with van der Waals surface area (Å²) in [6.45, 7) is 3.76. The summed E-state index contributed by atoms with van der Waals surface area (Å²) in [4.78, 5) is 37.1. The first-order chi connectivity index (χ1) is 13.5. The lowest BCUT2D eigenvalue weighted by molar-refractivity contribution is -0.111. The lowest BCUT2D eigenvalue weighted by Gasteiger charge is -2.05. The van der Waals surface area contributed by atoms with Crippen LogP contribution in [0.15, 0.2) is 28.9 Å². The summed E-state index contributed by atoms with van der Waals surface area (Å²) in [5, 5.41) is 2.83. The van der Waals surface area contributed by atoms with E-state index in [4.69, 9.17) is 18.6 Å². The van der Waals surface area contributed by atoms with Crippen LogP contribution >= 0.6 is 11.3 Å². The molecule has 0 bridgehead atoms. The molecule has 0 aliphatic carbocycles. The number of hydrogen-bond donors (Lipinski definition) is 1. The normalized spacial score (nSPS) is 10.8. The molecule has 1 amide bonds. The van der Waals surface area contributed by atoms with Gasteiger partial charge in [-0.15, -0.1) is 11.3 Å². The first kappa shape index (κ1) is 21.4. The minimum Gasteiger partial charge on any atom is -0.465 e. The third kappa shape index (κ3) is 5.54. The van der Waals surface area contributed by atoms with Crippen molar-refractivity contribution in [1.82, 2.24) is 0 Å². The van der Waals surface area contributed by atoms with Gasteiger partial charge in [0.2, 0.25) is 5.91 Å². The predicted octanol–water partition coefficient (Wildman–Crippen LogP) is 3.28. The summed E-state index contributed by atoms with van der Waals surface area (Å²) in [7, 11) is 1.49. The summed E-state index contributed by atoms with van der Waals surface area (Å²) in [5.41, 5.74) is 0.515. The van der Waals surface area contributed by atoms with Crippen LogP contribution in [0.1, 0.15) is 38.3 Å². The molecule has 2 aromatic rings. The number of carbonyl (C=O) groups excluding carboxylic acids is 3. The number of esters is 2. The van der Waals surface area contributed by atoms with E-state index in [0.29, 0.717) is 11.3 Å². The predicted molar refractivity (Wildman–Crippen MR) is 104 cm³/mol. The Labute approximate surface area is 166 Å². The van der Waals surface area contributed by atoms with Crippen molar-refractivity contribution in [1.29, 1.82) is 0 Å². The van der Waals surface area contributed by atoms with Crippen molar-refractivity contribution in [2.45, 2.75) is 13.8 Å². The SMILES string of the molecule is CCOC(=O)c1c(NC(=O)/C=C/c2ccco2)sc(C(=O)OCCOC)c1C. The first-order valence-electron chi connectivity index (χ1n) is 8.47. The number of carbonyl (C=O) groups is 3. The summed E-state index contributed by atoms with van der Waals surface area (Å²) < 4.78 is 20.1. The highest BCUT2D eigenvalue weighted by molar-refractivity contribution is 7.18. The zero-order valence-electron chi connectivity index (χ0n) is 15.8. The summed E-state index contributed by atoms with van der Waals surface area (Å²) in [5.74, 6) is -1.21. The fraction of sp³-hybridized carbons (Fsp3) is 0.316. The third-order valence-electron chi connectivity index (χ3n) is 3.51. The van der Waals surface area contributed by atoms with Gasteiger partial charge in [-0.05, 0) is 37.6 Å². The Morgan fingerprint density at radius 1 is 1.21 bits per heavy atom. The molecule has 0 aliphatic heterocycles. The molecule has 2 heterocycles. The zero-order chi connectivity index (χ0) is 20.5. The second-order valence-electron chi connectivity index (χ2n) is 5.45. The molecule has 0 unspecified atom stereocenters. The molecule has 150 valence electrons. The Hall–Kier alpha value is -2.91. The van der Waals surface area contributed by atoms with Crippen molar-refractivity contribution in [2.24, 2.45) is 0 Å². The van der Waals surface area contributed by atoms with E-state index in [0.717, 1.165) is 11.3 Å². The lowest BCUT2D eigenvalue weighted by atomic mass is 10.1. The standard InChI is InChI=1S/C19H21NO7S/c1-4-25-18(22)15-12(2)16(19(23)27-11-10-24-3)28-17(15)20-14(21)8-7-13-6-5-9-26-13/h5-9H,4,10-11H2,1-3H3,(H,20,21)/b8-7+. The number of furan rings is 1. The van der Waals surface area contributed by atoms with Gasteiger partial charge in [-0.3, -0.25) is 4.79 Å². The van der Waals surface area contributed by atoms with Crippen LogP contribution < -0.4 is 5.32 Å². The van der Waals surface area contributed by atoms with E-state index in [1.165, 1.54) is 25.5 Å². The van der Waals surface area contributed by atoms with Crippen LogP contribution in [0.2, 0.25) is 0 Å². The minimum absolute atomic E-state index is 0.0784. The fourth-order valence-electron chi connectivity index (χ4n) is 2.23. The Kier molecular flexibility index (Phi) is 7.97. The Bertz CT molecular complexity index is 852. The molecule has 9 heteroatoms. The van der Waals surface area contributed by atoms with Gasteiger partial charge in [0.25, 0.3) is 0 Å².